The highest BCUT2D eigenvalue weighted by Gasteiger charge is 2.17. The van der Waals surface area contributed by atoms with E-state index < -0.39 is 0 Å². The first kappa shape index (κ1) is 11.6. The molecule has 0 spiro atoms. The van der Waals surface area contributed by atoms with Crippen molar-refractivity contribution in [2.75, 3.05) is 5.73 Å². The maximum absolute atomic E-state index is 13.7. The first-order valence-electron chi connectivity index (χ1n) is 5.59. The van der Waals surface area contributed by atoms with Crippen molar-refractivity contribution in [1.29, 1.82) is 0 Å². The Morgan fingerprint density at radius 2 is 1.94 bits per heavy atom. The fourth-order valence-corrected chi connectivity index (χ4v) is 1.90. The third-order valence-corrected chi connectivity index (χ3v) is 2.82. The molecule has 1 aromatic heterocycles. The van der Waals surface area contributed by atoms with Gasteiger partial charge in [-0.1, -0.05) is 26.0 Å². The minimum absolute atomic E-state index is 0.253. The Labute approximate surface area is 100 Å². The Balaban J connectivity index is 2.61. The maximum Gasteiger partial charge on any atom is 0.132 e. The molecule has 0 aliphatic carbocycles. The van der Waals surface area contributed by atoms with Gasteiger partial charge in [0.05, 0.1) is 0 Å². The van der Waals surface area contributed by atoms with Crippen LogP contribution < -0.4 is 5.73 Å². The van der Waals surface area contributed by atoms with Gasteiger partial charge < -0.3 is 10.3 Å². The van der Waals surface area contributed by atoms with E-state index in [2.05, 4.69) is 4.98 Å². The lowest BCUT2D eigenvalue weighted by atomic mass is 10.1. The predicted octanol–water partition coefficient (Wildman–Crippen LogP) is 2.93. The third kappa shape index (κ3) is 1.90. The van der Waals surface area contributed by atoms with Gasteiger partial charge in [-0.25, -0.2) is 9.37 Å². The fourth-order valence-electron chi connectivity index (χ4n) is 1.90. The standard InChI is InChI=1S/C13H16FN3/c1-8(2)13-16-11(12(15)17(13)3)9-6-4-5-7-10(9)14/h4-8H,15H2,1-3H3. The largest absolute Gasteiger partial charge is 0.383 e. The van der Waals surface area contributed by atoms with Gasteiger partial charge in [0, 0.05) is 18.5 Å². The van der Waals surface area contributed by atoms with Gasteiger partial charge in [0.15, 0.2) is 0 Å². The average molecular weight is 233 g/mol. The maximum atomic E-state index is 13.7. The Morgan fingerprint density at radius 3 is 2.47 bits per heavy atom. The first-order chi connectivity index (χ1) is 8.02. The summed E-state index contributed by atoms with van der Waals surface area (Å²) >= 11 is 0. The fraction of sp³-hybridized carbons (Fsp3) is 0.308. The molecule has 90 valence electrons. The third-order valence-electron chi connectivity index (χ3n) is 2.82. The van der Waals surface area contributed by atoms with E-state index in [-0.39, 0.29) is 11.7 Å². The number of nitrogens with zero attached hydrogens (tertiary/aromatic N) is 2. The number of hydrogen-bond donors (Lipinski definition) is 1. The van der Waals surface area contributed by atoms with E-state index in [1.807, 2.05) is 25.5 Å². The number of nitrogen functional groups attached to an aromatic ring is 1. The normalized spacial score (nSPS) is 11.1. The Kier molecular flexibility index (Phi) is 2.88. The van der Waals surface area contributed by atoms with Crippen LogP contribution >= 0.6 is 0 Å². The second-order valence-corrected chi connectivity index (χ2v) is 4.40. The molecular weight excluding hydrogens is 217 g/mol. The van der Waals surface area contributed by atoms with Crippen LogP contribution in [0.1, 0.15) is 25.6 Å². The number of halogens is 1. The number of hydrogen-bond acceptors (Lipinski definition) is 2. The summed E-state index contributed by atoms with van der Waals surface area (Å²) in [6.07, 6.45) is 0. The van der Waals surface area contributed by atoms with E-state index in [9.17, 15) is 4.39 Å². The molecule has 1 heterocycles. The van der Waals surface area contributed by atoms with E-state index >= 15 is 0 Å². The van der Waals surface area contributed by atoms with Crippen molar-refractivity contribution in [3.05, 3.63) is 35.9 Å². The summed E-state index contributed by atoms with van der Waals surface area (Å²) in [7, 11) is 1.85. The lowest BCUT2D eigenvalue weighted by Crippen LogP contribution is -2.02. The van der Waals surface area contributed by atoms with E-state index in [0.29, 0.717) is 17.1 Å². The molecular formula is C13H16FN3. The van der Waals surface area contributed by atoms with Crippen molar-refractivity contribution in [2.45, 2.75) is 19.8 Å². The van der Waals surface area contributed by atoms with E-state index in [1.165, 1.54) is 6.07 Å². The predicted molar refractivity (Wildman–Crippen MR) is 67.1 cm³/mol. The first-order valence-corrected chi connectivity index (χ1v) is 5.59. The Bertz CT molecular complexity index is 544. The lowest BCUT2D eigenvalue weighted by molar-refractivity contribution is 0.631. The quantitative estimate of drug-likeness (QED) is 0.866. The highest BCUT2D eigenvalue weighted by Crippen LogP contribution is 2.29. The number of anilines is 1. The van der Waals surface area contributed by atoms with Crippen LogP contribution in [-0.2, 0) is 7.05 Å². The summed E-state index contributed by atoms with van der Waals surface area (Å²) in [5.74, 6) is 1.31. The van der Waals surface area contributed by atoms with Crippen LogP contribution in [0.2, 0.25) is 0 Å². The molecule has 0 saturated heterocycles. The molecule has 3 nitrogen and oxygen atoms in total. The minimum atomic E-state index is -0.299. The zero-order valence-electron chi connectivity index (χ0n) is 10.2. The number of imidazole rings is 1. The van der Waals surface area contributed by atoms with Crippen molar-refractivity contribution in [2.24, 2.45) is 7.05 Å². The van der Waals surface area contributed by atoms with Crippen LogP contribution in [0.15, 0.2) is 24.3 Å². The van der Waals surface area contributed by atoms with Gasteiger partial charge in [-0.3, -0.25) is 0 Å². The molecule has 2 rings (SSSR count). The average Bonchev–Trinajstić information content (AvgIpc) is 2.57. The molecule has 0 amide bonds. The number of rotatable bonds is 2. The molecule has 0 aliphatic rings. The van der Waals surface area contributed by atoms with Crippen molar-refractivity contribution in [3.8, 4) is 11.3 Å². The summed E-state index contributed by atoms with van der Waals surface area (Å²) in [5.41, 5.74) is 6.95. The topological polar surface area (TPSA) is 43.8 Å². The van der Waals surface area contributed by atoms with Gasteiger partial charge in [-0.15, -0.1) is 0 Å². The van der Waals surface area contributed by atoms with E-state index in [4.69, 9.17) is 5.73 Å². The van der Waals surface area contributed by atoms with Crippen LogP contribution in [0.3, 0.4) is 0 Å². The molecule has 1 aromatic carbocycles. The van der Waals surface area contributed by atoms with E-state index in [1.54, 1.807) is 18.2 Å². The second kappa shape index (κ2) is 4.20. The molecule has 0 fully saturated rings. The molecule has 0 radical (unpaired) electrons. The molecule has 17 heavy (non-hydrogen) atoms. The van der Waals surface area contributed by atoms with Crippen LogP contribution in [-0.4, -0.2) is 9.55 Å². The van der Waals surface area contributed by atoms with E-state index in [0.717, 1.165) is 5.82 Å². The van der Waals surface area contributed by atoms with Crippen LogP contribution in [0.4, 0.5) is 10.2 Å². The smallest absolute Gasteiger partial charge is 0.132 e. The molecule has 2 N–H and O–H groups in total. The summed E-state index contributed by atoms with van der Waals surface area (Å²) < 4.78 is 15.5. The van der Waals surface area contributed by atoms with Gasteiger partial charge in [-0.2, -0.15) is 0 Å². The SMILES string of the molecule is CC(C)c1nc(-c2ccccc2F)c(N)n1C. The lowest BCUT2D eigenvalue weighted by Gasteiger charge is -2.04. The highest BCUT2D eigenvalue weighted by molar-refractivity contribution is 5.71. The molecule has 0 bridgehead atoms. The van der Waals surface area contributed by atoms with Gasteiger partial charge >= 0.3 is 0 Å². The van der Waals surface area contributed by atoms with Gasteiger partial charge in [0.2, 0.25) is 0 Å². The van der Waals surface area contributed by atoms with Gasteiger partial charge in [-0.05, 0) is 12.1 Å². The van der Waals surface area contributed by atoms with Gasteiger partial charge in [0.25, 0.3) is 0 Å². The van der Waals surface area contributed by atoms with Crippen molar-refractivity contribution < 1.29 is 4.39 Å². The molecule has 4 heteroatoms. The summed E-state index contributed by atoms with van der Waals surface area (Å²) in [4.78, 5) is 4.44. The van der Waals surface area contributed by atoms with Crippen LogP contribution in [0, 0.1) is 5.82 Å². The number of benzene rings is 1. The monoisotopic (exact) mass is 233 g/mol. The van der Waals surface area contributed by atoms with Gasteiger partial charge in [0.1, 0.15) is 23.2 Å². The van der Waals surface area contributed by atoms with Crippen LogP contribution in [0.5, 0.6) is 0 Å². The summed E-state index contributed by atoms with van der Waals surface area (Å²) in [5, 5.41) is 0. The zero-order chi connectivity index (χ0) is 12.6. The van der Waals surface area contributed by atoms with Crippen LogP contribution in [0.25, 0.3) is 11.3 Å². The molecule has 2 aromatic rings. The zero-order valence-corrected chi connectivity index (χ0v) is 10.2. The number of aromatic nitrogens is 2. The molecule has 0 unspecified atom stereocenters. The highest BCUT2D eigenvalue weighted by atomic mass is 19.1. The molecule has 0 saturated carbocycles. The summed E-state index contributed by atoms with van der Waals surface area (Å²) in [6, 6.07) is 6.54. The van der Waals surface area contributed by atoms with Crippen molar-refractivity contribution in [1.82, 2.24) is 9.55 Å². The Hall–Kier alpha value is -1.84. The molecule has 0 aliphatic heterocycles. The molecule has 0 atom stereocenters. The number of nitrogens with two attached hydrogens (primary N) is 1. The van der Waals surface area contributed by atoms with Crippen molar-refractivity contribution >= 4 is 5.82 Å². The Morgan fingerprint density at radius 1 is 1.29 bits per heavy atom. The second-order valence-electron chi connectivity index (χ2n) is 4.40. The van der Waals surface area contributed by atoms with Crippen molar-refractivity contribution in [3.63, 3.8) is 0 Å². The summed E-state index contributed by atoms with van der Waals surface area (Å²) in [6.45, 7) is 4.07. The minimum Gasteiger partial charge on any atom is -0.383 e.